The average molecular weight is 372 g/mol. The van der Waals surface area contributed by atoms with Gasteiger partial charge >= 0.3 is 0 Å². The lowest BCUT2D eigenvalue weighted by Crippen LogP contribution is -2.29. The highest BCUT2D eigenvalue weighted by atomic mass is 16.3. The zero-order valence-corrected chi connectivity index (χ0v) is 14.8. The van der Waals surface area contributed by atoms with Crippen molar-refractivity contribution < 1.29 is 19.5 Å². The number of imide groups is 1. The quantitative estimate of drug-likeness (QED) is 0.687. The van der Waals surface area contributed by atoms with Crippen molar-refractivity contribution in [1.82, 2.24) is 4.90 Å². The molecule has 6 heteroatoms. The third-order valence-corrected chi connectivity index (χ3v) is 4.54. The number of phenols is 1. The first-order valence-electron chi connectivity index (χ1n) is 8.67. The highest BCUT2D eigenvalue weighted by molar-refractivity contribution is 6.22. The Hall–Kier alpha value is -3.93. The minimum Gasteiger partial charge on any atom is -0.508 e. The first-order valence-corrected chi connectivity index (χ1v) is 8.67. The van der Waals surface area contributed by atoms with E-state index in [1.165, 1.54) is 18.2 Å². The molecule has 4 rings (SSSR count). The zero-order chi connectivity index (χ0) is 19.7. The molecule has 3 aromatic rings. The molecular weight excluding hydrogens is 356 g/mol. The summed E-state index contributed by atoms with van der Waals surface area (Å²) in [5, 5.41) is 12.1. The molecule has 0 atom stereocenters. The van der Waals surface area contributed by atoms with Crippen LogP contribution in [0.4, 0.5) is 5.69 Å². The Morgan fingerprint density at radius 3 is 2.25 bits per heavy atom. The molecule has 6 nitrogen and oxygen atoms in total. The molecule has 0 bridgehead atoms. The largest absolute Gasteiger partial charge is 0.508 e. The lowest BCUT2D eigenvalue weighted by atomic mass is 10.1. The maximum atomic E-state index is 12.7. The molecule has 3 aromatic carbocycles. The lowest BCUT2D eigenvalue weighted by molar-refractivity contribution is 0.0642. The number of carbonyl (C=O) groups excluding carboxylic acids is 3. The van der Waals surface area contributed by atoms with Gasteiger partial charge < -0.3 is 10.4 Å². The van der Waals surface area contributed by atoms with Gasteiger partial charge in [-0.15, -0.1) is 0 Å². The van der Waals surface area contributed by atoms with E-state index in [9.17, 15) is 19.5 Å². The number of aromatic hydroxyl groups is 1. The van der Waals surface area contributed by atoms with Gasteiger partial charge in [0.2, 0.25) is 0 Å². The van der Waals surface area contributed by atoms with Crippen LogP contribution in [0.2, 0.25) is 0 Å². The number of rotatable bonds is 4. The Bertz CT molecular complexity index is 1080. The lowest BCUT2D eigenvalue weighted by Gasteiger charge is -2.13. The van der Waals surface area contributed by atoms with E-state index < -0.39 is 5.91 Å². The summed E-state index contributed by atoms with van der Waals surface area (Å²) in [6, 6.07) is 19.7. The van der Waals surface area contributed by atoms with Gasteiger partial charge in [-0.2, -0.15) is 0 Å². The SMILES string of the molecule is O=C(Nc1ccc2c(c1)C(=O)N(Cc1ccc(O)cc1)C2=O)c1ccccc1. The van der Waals surface area contributed by atoms with E-state index in [2.05, 4.69) is 5.32 Å². The molecule has 0 saturated carbocycles. The van der Waals surface area contributed by atoms with Crippen molar-refractivity contribution in [2.24, 2.45) is 0 Å². The topological polar surface area (TPSA) is 86.7 Å². The smallest absolute Gasteiger partial charge is 0.261 e. The second-order valence-corrected chi connectivity index (χ2v) is 6.44. The molecule has 0 radical (unpaired) electrons. The molecule has 2 N–H and O–H groups in total. The molecular formula is C22H16N2O4. The van der Waals surface area contributed by atoms with Crippen LogP contribution in [0.3, 0.4) is 0 Å². The van der Waals surface area contributed by atoms with E-state index in [4.69, 9.17) is 0 Å². The predicted molar refractivity (Wildman–Crippen MR) is 103 cm³/mol. The number of phenolic OH excluding ortho intramolecular Hbond substituents is 1. The van der Waals surface area contributed by atoms with E-state index >= 15 is 0 Å². The molecule has 1 aliphatic heterocycles. The van der Waals surface area contributed by atoms with E-state index in [0.717, 1.165) is 10.5 Å². The Morgan fingerprint density at radius 2 is 1.54 bits per heavy atom. The van der Waals surface area contributed by atoms with Gasteiger partial charge in [0.15, 0.2) is 0 Å². The Labute approximate surface area is 161 Å². The molecule has 1 heterocycles. The van der Waals surface area contributed by atoms with Gasteiger partial charge in [-0.25, -0.2) is 0 Å². The summed E-state index contributed by atoms with van der Waals surface area (Å²) in [7, 11) is 0. The number of anilines is 1. The van der Waals surface area contributed by atoms with Crippen LogP contribution in [-0.4, -0.2) is 27.7 Å². The number of nitrogens with one attached hydrogen (secondary N) is 1. The molecule has 138 valence electrons. The monoisotopic (exact) mass is 372 g/mol. The fourth-order valence-corrected chi connectivity index (χ4v) is 3.09. The second kappa shape index (κ2) is 7.00. The van der Waals surface area contributed by atoms with Crippen molar-refractivity contribution in [3.05, 3.63) is 95.1 Å². The number of hydrogen-bond acceptors (Lipinski definition) is 4. The molecule has 1 aliphatic rings. The molecule has 3 amide bonds. The fourth-order valence-electron chi connectivity index (χ4n) is 3.09. The molecule has 0 saturated heterocycles. The summed E-state index contributed by atoms with van der Waals surface area (Å²) in [6.07, 6.45) is 0. The molecule has 0 unspecified atom stereocenters. The third-order valence-electron chi connectivity index (χ3n) is 4.54. The number of hydrogen-bond donors (Lipinski definition) is 2. The van der Waals surface area contributed by atoms with Gasteiger partial charge in [-0.1, -0.05) is 30.3 Å². The van der Waals surface area contributed by atoms with Crippen LogP contribution in [0.5, 0.6) is 5.75 Å². The molecule has 0 fully saturated rings. The van der Waals surface area contributed by atoms with Crippen LogP contribution < -0.4 is 5.32 Å². The van der Waals surface area contributed by atoms with Crippen molar-refractivity contribution in [2.45, 2.75) is 6.54 Å². The summed E-state index contributed by atoms with van der Waals surface area (Å²) in [4.78, 5) is 38.8. The summed E-state index contributed by atoms with van der Waals surface area (Å²) in [6.45, 7) is 0.109. The molecule has 28 heavy (non-hydrogen) atoms. The molecule has 0 aliphatic carbocycles. The zero-order valence-electron chi connectivity index (χ0n) is 14.8. The predicted octanol–water partition coefficient (Wildman–Crippen LogP) is 3.44. The summed E-state index contributed by atoms with van der Waals surface area (Å²) in [5.74, 6) is -0.971. The van der Waals surface area contributed by atoms with Crippen LogP contribution in [0, 0.1) is 0 Å². The summed E-state index contributed by atoms with van der Waals surface area (Å²) in [5.41, 5.74) is 2.24. The maximum absolute atomic E-state index is 12.7. The summed E-state index contributed by atoms with van der Waals surface area (Å²) >= 11 is 0. The molecule has 0 spiro atoms. The van der Waals surface area contributed by atoms with Gasteiger partial charge in [0.05, 0.1) is 17.7 Å². The Kier molecular flexibility index (Phi) is 4.37. The van der Waals surface area contributed by atoms with E-state index in [0.29, 0.717) is 16.8 Å². The minimum atomic E-state index is -0.413. The fraction of sp³-hybridized carbons (Fsp3) is 0.0455. The number of nitrogens with zero attached hydrogens (tertiary/aromatic N) is 1. The maximum Gasteiger partial charge on any atom is 0.261 e. The van der Waals surface area contributed by atoms with Gasteiger partial charge in [0.25, 0.3) is 17.7 Å². The first kappa shape index (κ1) is 17.5. The average Bonchev–Trinajstić information content (AvgIpc) is 2.95. The van der Waals surface area contributed by atoms with Crippen molar-refractivity contribution in [1.29, 1.82) is 0 Å². The number of amides is 3. The highest BCUT2D eigenvalue weighted by Crippen LogP contribution is 2.27. The second-order valence-electron chi connectivity index (χ2n) is 6.44. The van der Waals surface area contributed by atoms with Crippen molar-refractivity contribution in [2.75, 3.05) is 5.32 Å². The van der Waals surface area contributed by atoms with Gasteiger partial charge in [0.1, 0.15) is 5.75 Å². The Morgan fingerprint density at radius 1 is 0.857 bits per heavy atom. The minimum absolute atomic E-state index is 0.109. The third kappa shape index (κ3) is 3.23. The van der Waals surface area contributed by atoms with Crippen LogP contribution in [-0.2, 0) is 6.54 Å². The van der Waals surface area contributed by atoms with Gasteiger partial charge in [0, 0.05) is 11.3 Å². The van der Waals surface area contributed by atoms with E-state index in [-0.39, 0.29) is 29.7 Å². The van der Waals surface area contributed by atoms with E-state index in [1.807, 2.05) is 6.07 Å². The van der Waals surface area contributed by atoms with Crippen molar-refractivity contribution in [3.63, 3.8) is 0 Å². The normalized spacial score (nSPS) is 12.8. The van der Waals surface area contributed by atoms with Gasteiger partial charge in [-0.05, 0) is 48.0 Å². The Balaban J connectivity index is 1.55. The first-order chi connectivity index (χ1) is 13.5. The van der Waals surface area contributed by atoms with Gasteiger partial charge in [-0.3, -0.25) is 19.3 Å². The number of benzene rings is 3. The van der Waals surface area contributed by atoms with Crippen LogP contribution >= 0.6 is 0 Å². The van der Waals surface area contributed by atoms with Crippen LogP contribution in [0.15, 0.2) is 72.8 Å². The molecule has 0 aromatic heterocycles. The number of fused-ring (bicyclic) bond motifs is 1. The highest BCUT2D eigenvalue weighted by Gasteiger charge is 2.35. The van der Waals surface area contributed by atoms with E-state index in [1.54, 1.807) is 48.5 Å². The van der Waals surface area contributed by atoms with Crippen LogP contribution in [0.1, 0.15) is 36.6 Å². The number of carbonyl (C=O) groups is 3. The standard InChI is InChI=1S/C22H16N2O4/c25-17-9-6-14(7-10-17)13-24-21(27)18-11-8-16(12-19(18)22(24)28)23-20(26)15-4-2-1-3-5-15/h1-12,25H,13H2,(H,23,26). The van der Waals surface area contributed by atoms with Crippen LogP contribution in [0.25, 0.3) is 0 Å². The van der Waals surface area contributed by atoms with Crippen molar-refractivity contribution >= 4 is 23.4 Å². The summed E-state index contributed by atoms with van der Waals surface area (Å²) < 4.78 is 0. The van der Waals surface area contributed by atoms with Crippen molar-refractivity contribution in [3.8, 4) is 5.75 Å².